The Morgan fingerprint density at radius 1 is 0.889 bits per heavy atom. The standard InChI is InChI=1S/C22H19Cl2N3/c1-15-6-8-16(9-7-15)14-27-21-5-3-2-4-20(21)26-22(27)25-13-17-10-11-18(23)19(24)12-17/h2-12H,13-14H2,1H3,(H,25,26). The van der Waals surface area contributed by atoms with Crippen molar-refractivity contribution in [1.82, 2.24) is 9.55 Å². The van der Waals surface area contributed by atoms with Gasteiger partial charge in [-0.05, 0) is 42.3 Å². The van der Waals surface area contributed by atoms with E-state index in [1.165, 1.54) is 11.1 Å². The molecule has 0 radical (unpaired) electrons. The number of fused-ring (bicyclic) bond motifs is 1. The van der Waals surface area contributed by atoms with E-state index in [-0.39, 0.29) is 0 Å². The van der Waals surface area contributed by atoms with Crippen LogP contribution in [-0.4, -0.2) is 9.55 Å². The lowest BCUT2D eigenvalue weighted by Gasteiger charge is -2.12. The maximum Gasteiger partial charge on any atom is 0.204 e. The van der Waals surface area contributed by atoms with E-state index in [1.807, 2.05) is 36.4 Å². The smallest absolute Gasteiger partial charge is 0.204 e. The summed E-state index contributed by atoms with van der Waals surface area (Å²) < 4.78 is 2.21. The molecule has 0 unspecified atom stereocenters. The van der Waals surface area contributed by atoms with Gasteiger partial charge >= 0.3 is 0 Å². The topological polar surface area (TPSA) is 29.9 Å². The minimum atomic E-state index is 0.559. The number of anilines is 1. The van der Waals surface area contributed by atoms with Crippen LogP contribution in [0.5, 0.6) is 0 Å². The molecule has 136 valence electrons. The molecule has 0 bridgehead atoms. The Labute approximate surface area is 168 Å². The average Bonchev–Trinajstić information content (AvgIpc) is 3.02. The third-order valence-corrected chi connectivity index (χ3v) is 5.29. The summed E-state index contributed by atoms with van der Waals surface area (Å²) in [5, 5.41) is 4.57. The number of nitrogens with one attached hydrogen (secondary N) is 1. The molecule has 1 aromatic heterocycles. The van der Waals surface area contributed by atoms with Crippen molar-refractivity contribution in [2.45, 2.75) is 20.0 Å². The molecule has 0 atom stereocenters. The van der Waals surface area contributed by atoms with Crippen LogP contribution in [0.3, 0.4) is 0 Å². The zero-order chi connectivity index (χ0) is 18.8. The second-order valence-electron chi connectivity index (χ2n) is 6.60. The van der Waals surface area contributed by atoms with E-state index in [4.69, 9.17) is 28.2 Å². The van der Waals surface area contributed by atoms with Gasteiger partial charge in [0.1, 0.15) is 0 Å². The number of para-hydroxylation sites is 2. The van der Waals surface area contributed by atoms with E-state index in [0.29, 0.717) is 16.6 Å². The zero-order valence-electron chi connectivity index (χ0n) is 14.9. The van der Waals surface area contributed by atoms with Crippen LogP contribution in [0, 0.1) is 6.92 Å². The molecular formula is C22H19Cl2N3. The SMILES string of the molecule is Cc1ccc(Cn2c(NCc3ccc(Cl)c(Cl)c3)nc3ccccc32)cc1. The summed E-state index contributed by atoms with van der Waals surface area (Å²) in [4.78, 5) is 4.77. The van der Waals surface area contributed by atoms with E-state index in [2.05, 4.69) is 47.1 Å². The second-order valence-corrected chi connectivity index (χ2v) is 7.41. The van der Waals surface area contributed by atoms with Crippen LogP contribution >= 0.6 is 23.2 Å². The minimum Gasteiger partial charge on any atom is -0.352 e. The van der Waals surface area contributed by atoms with Gasteiger partial charge in [0.05, 0.1) is 27.6 Å². The van der Waals surface area contributed by atoms with Gasteiger partial charge in [0.25, 0.3) is 0 Å². The van der Waals surface area contributed by atoms with Crippen LogP contribution in [0.25, 0.3) is 11.0 Å². The summed E-state index contributed by atoms with van der Waals surface area (Å²) in [6.45, 7) is 3.47. The number of aryl methyl sites for hydroxylation is 1. The highest BCUT2D eigenvalue weighted by atomic mass is 35.5. The number of rotatable bonds is 5. The van der Waals surface area contributed by atoms with Crippen molar-refractivity contribution >= 4 is 40.2 Å². The van der Waals surface area contributed by atoms with Crippen LogP contribution in [0.4, 0.5) is 5.95 Å². The van der Waals surface area contributed by atoms with Crippen molar-refractivity contribution < 1.29 is 0 Å². The van der Waals surface area contributed by atoms with Crippen LogP contribution in [0.1, 0.15) is 16.7 Å². The van der Waals surface area contributed by atoms with Crippen molar-refractivity contribution in [2.75, 3.05) is 5.32 Å². The van der Waals surface area contributed by atoms with Gasteiger partial charge in [-0.3, -0.25) is 0 Å². The summed E-state index contributed by atoms with van der Waals surface area (Å²) >= 11 is 12.1. The molecule has 1 N–H and O–H groups in total. The predicted molar refractivity (Wildman–Crippen MR) is 114 cm³/mol. The van der Waals surface area contributed by atoms with Crippen molar-refractivity contribution in [2.24, 2.45) is 0 Å². The highest BCUT2D eigenvalue weighted by Crippen LogP contribution is 2.25. The first-order valence-corrected chi connectivity index (χ1v) is 9.54. The fraction of sp³-hybridized carbons (Fsp3) is 0.136. The number of nitrogens with zero attached hydrogens (tertiary/aromatic N) is 2. The molecule has 4 rings (SSSR count). The van der Waals surface area contributed by atoms with Gasteiger partial charge in [-0.1, -0.05) is 71.2 Å². The van der Waals surface area contributed by atoms with Crippen molar-refractivity contribution in [3.63, 3.8) is 0 Å². The van der Waals surface area contributed by atoms with E-state index < -0.39 is 0 Å². The monoisotopic (exact) mass is 395 g/mol. The largest absolute Gasteiger partial charge is 0.352 e. The average molecular weight is 396 g/mol. The normalized spacial score (nSPS) is 11.1. The number of hydrogen-bond donors (Lipinski definition) is 1. The fourth-order valence-corrected chi connectivity index (χ4v) is 3.40. The van der Waals surface area contributed by atoms with E-state index in [1.54, 1.807) is 0 Å². The van der Waals surface area contributed by atoms with Crippen LogP contribution in [-0.2, 0) is 13.1 Å². The van der Waals surface area contributed by atoms with Crippen LogP contribution in [0.15, 0.2) is 66.7 Å². The lowest BCUT2D eigenvalue weighted by Crippen LogP contribution is -2.08. The second kappa shape index (κ2) is 7.63. The van der Waals surface area contributed by atoms with Crippen molar-refractivity contribution in [3.8, 4) is 0 Å². The van der Waals surface area contributed by atoms with Gasteiger partial charge in [-0.25, -0.2) is 4.98 Å². The quantitative estimate of drug-likeness (QED) is 0.428. The van der Waals surface area contributed by atoms with Gasteiger partial charge in [0.15, 0.2) is 0 Å². The molecule has 0 aliphatic carbocycles. The van der Waals surface area contributed by atoms with Crippen LogP contribution in [0.2, 0.25) is 10.0 Å². The molecule has 27 heavy (non-hydrogen) atoms. The molecule has 0 fully saturated rings. The molecular weight excluding hydrogens is 377 g/mol. The Balaban J connectivity index is 1.64. The predicted octanol–water partition coefficient (Wildman–Crippen LogP) is 6.31. The molecule has 5 heteroatoms. The molecule has 1 heterocycles. The lowest BCUT2D eigenvalue weighted by molar-refractivity contribution is 0.822. The summed E-state index contributed by atoms with van der Waals surface area (Å²) in [6, 6.07) is 22.4. The van der Waals surface area contributed by atoms with Gasteiger partial charge in [0.2, 0.25) is 5.95 Å². The number of halogens is 2. The Kier molecular flexibility index (Phi) is 5.06. The molecule has 3 nitrogen and oxygen atoms in total. The molecule has 0 amide bonds. The summed E-state index contributed by atoms with van der Waals surface area (Å²) in [5.74, 6) is 0.836. The summed E-state index contributed by atoms with van der Waals surface area (Å²) in [6.07, 6.45) is 0. The van der Waals surface area contributed by atoms with Gasteiger partial charge in [0, 0.05) is 6.54 Å². The van der Waals surface area contributed by atoms with Gasteiger partial charge < -0.3 is 9.88 Å². The number of hydrogen-bond acceptors (Lipinski definition) is 2. The molecule has 4 aromatic rings. The number of aromatic nitrogens is 2. The molecule has 3 aromatic carbocycles. The molecule has 0 saturated heterocycles. The summed E-state index contributed by atoms with van der Waals surface area (Å²) in [5.41, 5.74) is 5.63. The highest BCUT2D eigenvalue weighted by molar-refractivity contribution is 6.42. The first-order valence-electron chi connectivity index (χ1n) is 8.79. The number of imidazole rings is 1. The van der Waals surface area contributed by atoms with Crippen molar-refractivity contribution in [3.05, 3.63) is 93.5 Å². The molecule has 0 aliphatic rings. The Hall–Kier alpha value is -2.49. The van der Waals surface area contributed by atoms with E-state index in [9.17, 15) is 0 Å². The van der Waals surface area contributed by atoms with Crippen LogP contribution < -0.4 is 5.32 Å². The lowest BCUT2D eigenvalue weighted by atomic mass is 10.1. The fourth-order valence-electron chi connectivity index (χ4n) is 3.08. The summed E-state index contributed by atoms with van der Waals surface area (Å²) in [7, 11) is 0. The molecule has 0 saturated carbocycles. The maximum atomic E-state index is 6.13. The Bertz CT molecular complexity index is 1080. The van der Waals surface area contributed by atoms with Crippen molar-refractivity contribution in [1.29, 1.82) is 0 Å². The zero-order valence-corrected chi connectivity index (χ0v) is 16.4. The van der Waals surface area contributed by atoms with Gasteiger partial charge in [-0.2, -0.15) is 0 Å². The van der Waals surface area contributed by atoms with E-state index in [0.717, 1.165) is 29.1 Å². The first-order chi connectivity index (χ1) is 13.1. The molecule has 0 aliphatic heterocycles. The van der Waals surface area contributed by atoms with Gasteiger partial charge in [-0.15, -0.1) is 0 Å². The maximum absolute atomic E-state index is 6.13. The Morgan fingerprint density at radius 3 is 2.41 bits per heavy atom. The van der Waals surface area contributed by atoms with E-state index >= 15 is 0 Å². The first kappa shape index (κ1) is 17.9. The number of benzene rings is 3. The highest BCUT2D eigenvalue weighted by Gasteiger charge is 2.11. The minimum absolute atomic E-state index is 0.559. The third kappa shape index (κ3) is 3.95. The molecule has 0 spiro atoms. The Morgan fingerprint density at radius 2 is 1.63 bits per heavy atom. The third-order valence-electron chi connectivity index (χ3n) is 4.55.